The molecule has 1 heterocycles. The van der Waals surface area contributed by atoms with Gasteiger partial charge < -0.3 is 9.47 Å². The van der Waals surface area contributed by atoms with Gasteiger partial charge in [-0.05, 0) is 88.0 Å². The Kier molecular flexibility index (Phi) is 7.53. The number of para-hydroxylation sites is 1. The van der Waals surface area contributed by atoms with Gasteiger partial charge in [0.15, 0.2) is 0 Å². The van der Waals surface area contributed by atoms with Crippen molar-refractivity contribution in [1.29, 1.82) is 0 Å². The maximum Gasteiger partial charge on any atom is 0.0562 e. The van der Waals surface area contributed by atoms with Crippen LogP contribution in [0.15, 0.2) is 206 Å². The third-order valence-electron chi connectivity index (χ3n) is 9.56. The number of aromatic nitrogens is 1. The first-order valence-electron chi connectivity index (χ1n) is 17.1. The first kappa shape index (κ1) is 29.5. The van der Waals surface area contributed by atoms with Gasteiger partial charge in [-0.1, -0.05) is 152 Å². The van der Waals surface area contributed by atoms with E-state index in [0.717, 1.165) is 28.3 Å². The summed E-state index contributed by atoms with van der Waals surface area (Å²) in [6, 6.07) is 74.1. The number of anilines is 3. The van der Waals surface area contributed by atoms with Gasteiger partial charge in [0.05, 0.1) is 11.0 Å². The molecule has 0 atom stereocenters. The Morgan fingerprint density at radius 3 is 1.38 bits per heavy atom. The molecule has 0 unspecified atom stereocenters. The summed E-state index contributed by atoms with van der Waals surface area (Å²) in [5.41, 5.74) is 14.0. The van der Waals surface area contributed by atoms with Gasteiger partial charge in [0.1, 0.15) is 0 Å². The zero-order valence-corrected chi connectivity index (χ0v) is 27.5. The zero-order chi connectivity index (χ0) is 33.3. The van der Waals surface area contributed by atoms with Crippen LogP contribution in [-0.4, -0.2) is 4.57 Å². The molecule has 9 aromatic rings. The molecule has 50 heavy (non-hydrogen) atoms. The lowest BCUT2D eigenvalue weighted by atomic mass is 9.99. The fourth-order valence-corrected chi connectivity index (χ4v) is 7.27. The Morgan fingerprint density at radius 1 is 0.320 bits per heavy atom. The summed E-state index contributed by atoms with van der Waals surface area (Å²) in [6.45, 7) is 0. The predicted octanol–water partition coefficient (Wildman–Crippen LogP) is 13.3. The Labute approximate surface area is 292 Å². The van der Waals surface area contributed by atoms with Crippen molar-refractivity contribution >= 4 is 38.9 Å². The second kappa shape index (κ2) is 12.8. The van der Waals surface area contributed by atoms with E-state index < -0.39 is 0 Å². The van der Waals surface area contributed by atoms with Crippen molar-refractivity contribution in [3.63, 3.8) is 0 Å². The van der Waals surface area contributed by atoms with Crippen LogP contribution in [-0.2, 0) is 0 Å². The predicted molar refractivity (Wildman–Crippen MR) is 212 cm³/mol. The second-order valence-electron chi connectivity index (χ2n) is 12.6. The Hall–Kier alpha value is -6.64. The molecule has 0 N–H and O–H groups in total. The molecule has 0 fully saturated rings. The molecule has 0 aliphatic heterocycles. The number of fused-ring (bicyclic) bond motifs is 3. The monoisotopic (exact) mass is 638 g/mol. The van der Waals surface area contributed by atoms with Crippen molar-refractivity contribution in [3.8, 4) is 39.1 Å². The first-order valence-corrected chi connectivity index (χ1v) is 17.1. The van der Waals surface area contributed by atoms with Crippen LogP contribution in [0.2, 0.25) is 0 Å². The maximum absolute atomic E-state index is 2.42. The normalized spacial score (nSPS) is 11.2. The summed E-state index contributed by atoms with van der Waals surface area (Å²) in [6.07, 6.45) is 0. The highest BCUT2D eigenvalue weighted by molar-refractivity contribution is 6.16. The third kappa shape index (κ3) is 5.34. The molecule has 8 aromatic carbocycles. The van der Waals surface area contributed by atoms with E-state index in [1.807, 2.05) is 0 Å². The van der Waals surface area contributed by atoms with Crippen molar-refractivity contribution in [2.24, 2.45) is 0 Å². The summed E-state index contributed by atoms with van der Waals surface area (Å²) in [7, 11) is 0. The molecule has 0 saturated heterocycles. The molecule has 0 bridgehead atoms. The molecule has 0 spiro atoms. The van der Waals surface area contributed by atoms with Crippen LogP contribution < -0.4 is 4.90 Å². The molecule has 0 aliphatic carbocycles. The van der Waals surface area contributed by atoms with Crippen LogP contribution in [0.25, 0.3) is 60.9 Å². The van der Waals surface area contributed by atoms with Crippen LogP contribution in [0.4, 0.5) is 17.1 Å². The lowest BCUT2D eigenvalue weighted by molar-refractivity contribution is 1.18. The van der Waals surface area contributed by atoms with E-state index in [2.05, 4.69) is 216 Å². The van der Waals surface area contributed by atoms with Gasteiger partial charge in [-0.25, -0.2) is 0 Å². The molecule has 236 valence electrons. The average molecular weight is 639 g/mol. The van der Waals surface area contributed by atoms with Gasteiger partial charge >= 0.3 is 0 Å². The molecule has 0 radical (unpaired) electrons. The van der Waals surface area contributed by atoms with Gasteiger partial charge in [0.25, 0.3) is 0 Å². The molecular formula is C48H34N2. The average Bonchev–Trinajstić information content (AvgIpc) is 3.53. The number of hydrogen-bond acceptors (Lipinski definition) is 1. The number of rotatable bonds is 7. The number of nitrogens with zero attached hydrogens (tertiary/aromatic N) is 2. The summed E-state index contributed by atoms with van der Waals surface area (Å²) in [5.74, 6) is 0. The highest BCUT2D eigenvalue weighted by atomic mass is 15.1. The smallest absolute Gasteiger partial charge is 0.0562 e. The van der Waals surface area contributed by atoms with Gasteiger partial charge in [-0.15, -0.1) is 0 Å². The van der Waals surface area contributed by atoms with E-state index in [1.165, 1.54) is 49.7 Å². The van der Waals surface area contributed by atoms with Crippen molar-refractivity contribution in [2.75, 3.05) is 4.90 Å². The van der Waals surface area contributed by atoms with E-state index in [0.29, 0.717) is 0 Å². The largest absolute Gasteiger partial charge is 0.310 e. The quantitative estimate of drug-likeness (QED) is 0.169. The van der Waals surface area contributed by atoms with E-state index in [-0.39, 0.29) is 0 Å². The van der Waals surface area contributed by atoms with E-state index in [9.17, 15) is 0 Å². The summed E-state index contributed by atoms with van der Waals surface area (Å²) < 4.78 is 2.42. The van der Waals surface area contributed by atoms with Gasteiger partial charge in [0, 0.05) is 33.5 Å². The molecule has 0 amide bonds. The summed E-state index contributed by atoms with van der Waals surface area (Å²) in [4.78, 5) is 2.39. The fourth-order valence-electron chi connectivity index (χ4n) is 7.27. The molecule has 2 nitrogen and oxygen atoms in total. The highest BCUT2D eigenvalue weighted by Gasteiger charge is 2.20. The SMILES string of the molecule is c1ccc(-c2cccc(N(c3cccc(-c4ccccc4)c3)c3ccc4c5c(-c6ccccc6)cccc5n(-c5ccccc5)c4c3)c2)cc1. The molecule has 0 aliphatic rings. The van der Waals surface area contributed by atoms with Crippen LogP contribution in [0, 0.1) is 0 Å². The maximum atomic E-state index is 2.42. The van der Waals surface area contributed by atoms with Gasteiger partial charge in [-0.3, -0.25) is 0 Å². The van der Waals surface area contributed by atoms with Crippen molar-refractivity contribution in [2.45, 2.75) is 0 Å². The van der Waals surface area contributed by atoms with E-state index in [1.54, 1.807) is 0 Å². The van der Waals surface area contributed by atoms with Crippen molar-refractivity contribution in [3.05, 3.63) is 206 Å². The topological polar surface area (TPSA) is 8.17 Å². The van der Waals surface area contributed by atoms with Crippen molar-refractivity contribution in [1.82, 2.24) is 4.57 Å². The number of hydrogen-bond donors (Lipinski definition) is 0. The summed E-state index contributed by atoms with van der Waals surface area (Å²) >= 11 is 0. The molecule has 2 heteroatoms. The Bertz CT molecular complexity index is 2490. The minimum atomic E-state index is 1.09. The van der Waals surface area contributed by atoms with Crippen LogP contribution in [0.1, 0.15) is 0 Å². The zero-order valence-electron chi connectivity index (χ0n) is 27.5. The van der Waals surface area contributed by atoms with Crippen LogP contribution >= 0.6 is 0 Å². The minimum absolute atomic E-state index is 1.09. The Morgan fingerprint density at radius 2 is 0.800 bits per heavy atom. The molecular weight excluding hydrogens is 605 g/mol. The summed E-state index contributed by atoms with van der Waals surface area (Å²) in [5, 5.41) is 2.48. The fraction of sp³-hybridized carbons (Fsp3) is 0. The minimum Gasteiger partial charge on any atom is -0.310 e. The number of benzene rings is 8. The van der Waals surface area contributed by atoms with Crippen molar-refractivity contribution < 1.29 is 0 Å². The van der Waals surface area contributed by atoms with Gasteiger partial charge in [0.2, 0.25) is 0 Å². The first-order chi connectivity index (χ1) is 24.8. The van der Waals surface area contributed by atoms with Crippen LogP contribution in [0.3, 0.4) is 0 Å². The second-order valence-corrected chi connectivity index (χ2v) is 12.6. The Balaban J connectivity index is 1.30. The lowest BCUT2D eigenvalue weighted by Crippen LogP contribution is -2.10. The standard InChI is InChI=1S/C48H34N2/c1-5-16-35(17-6-1)38-22-13-26-41(32-38)49(42-27-14-23-39(33-42)36-18-7-2-8-19-36)43-30-31-45-47(34-43)50(40-24-11-4-12-25-40)46-29-15-28-44(48(45)46)37-20-9-3-10-21-37/h1-34H. The van der Waals surface area contributed by atoms with Crippen LogP contribution in [0.5, 0.6) is 0 Å². The molecule has 1 aromatic heterocycles. The molecule has 9 rings (SSSR count). The van der Waals surface area contributed by atoms with E-state index >= 15 is 0 Å². The highest BCUT2D eigenvalue weighted by Crippen LogP contribution is 2.43. The lowest BCUT2D eigenvalue weighted by Gasteiger charge is -2.27. The third-order valence-corrected chi connectivity index (χ3v) is 9.56. The van der Waals surface area contributed by atoms with Gasteiger partial charge in [-0.2, -0.15) is 0 Å². The van der Waals surface area contributed by atoms with E-state index in [4.69, 9.17) is 0 Å². The molecule has 0 saturated carbocycles.